The minimum atomic E-state index is -1.16. The Hall–Kier alpha value is -1.57. The van der Waals surface area contributed by atoms with E-state index >= 15 is 0 Å². The summed E-state index contributed by atoms with van der Waals surface area (Å²) in [5, 5.41) is 13.1. The maximum absolute atomic E-state index is 13.7. The highest BCUT2D eigenvalue weighted by Gasteiger charge is 2.24. The van der Waals surface area contributed by atoms with Crippen LogP contribution >= 0.6 is 11.3 Å². The molecule has 3 rings (SSSR count). The lowest BCUT2D eigenvalue weighted by Crippen LogP contribution is -2.47. The van der Waals surface area contributed by atoms with E-state index in [-0.39, 0.29) is 12.1 Å². The minimum Gasteiger partial charge on any atom is -0.387 e. The number of rotatable bonds is 4. The molecule has 0 saturated carbocycles. The number of aliphatic hydroxyl groups is 1. The molecule has 0 amide bonds. The van der Waals surface area contributed by atoms with Crippen LogP contribution in [0.15, 0.2) is 29.8 Å². The molecule has 2 heterocycles. The average Bonchev–Trinajstić information content (AvgIpc) is 3.02. The highest BCUT2D eigenvalue weighted by atomic mass is 32.1. The van der Waals surface area contributed by atoms with Crippen molar-refractivity contribution in [3.63, 3.8) is 0 Å². The Balaban J connectivity index is 1.58. The van der Waals surface area contributed by atoms with Crippen LogP contribution in [0, 0.1) is 11.6 Å². The van der Waals surface area contributed by atoms with Crippen LogP contribution in [0.5, 0.6) is 0 Å². The number of piperazine rings is 1. The molecule has 0 radical (unpaired) electrons. The van der Waals surface area contributed by atoms with E-state index in [1.165, 1.54) is 18.2 Å². The molecule has 118 valence electrons. The Labute approximate surface area is 131 Å². The fourth-order valence-electron chi connectivity index (χ4n) is 2.66. The Kier molecular flexibility index (Phi) is 4.66. The third kappa shape index (κ3) is 3.26. The third-order valence-corrected chi connectivity index (χ3v) is 4.66. The number of nitrogens with zero attached hydrogens (tertiary/aromatic N) is 3. The number of thiazole rings is 1. The van der Waals surface area contributed by atoms with E-state index in [0.29, 0.717) is 0 Å². The quantitative estimate of drug-likeness (QED) is 0.936. The summed E-state index contributed by atoms with van der Waals surface area (Å²) in [7, 11) is 0. The van der Waals surface area contributed by atoms with E-state index < -0.39 is 17.7 Å². The van der Waals surface area contributed by atoms with E-state index in [0.717, 1.165) is 31.3 Å². The molecule has 1 aromatic carbocycles. The first-order valence-corrected chi connectivity index (χ1v) is 8.02. The molecule has 1 aromatic heterocycles. The molecule has 1 unspecified atom stereocenters. The highest BCUT2D eigenvalue weighted by Crippen LogP contribution is 2.23. The van der Waals surface area contributed by atoms with E-state index in [1.54, 1.807) is 17.5 Å². The molecule has 1 N–H and O–H groups in total. The van der Waals surface area contributed by atoms with Crippen LogP contribution < -0.4 is 4.90 Å². The number of anilines is 1. The number of benzene rings is 1. The minimum absolute atomic E-state index is 0.226. The summed E-state index contributed by atoms with van der Waals surface area (Å²) in [6.07, 6.45) is 0.615. The molecule has 0 spiro atoms. The fourth-order valence-corrected chi connectivity index (χ4v) is 3.36. The molecular weight excluding hydrogens is 308 g/mol. The largest absolute Gasteiger partial charge is 0.387 e. The summed E-state index contributed by atoms with van der Waals surface area (Å²) >= 11 is 1.59. The fraction of sp³-hybridized carbons (Fsp3) is 0.400. The first-order chi connectivity index (χ1) is 10.6. The van der Waals surface area contributed by atoms with Crippen molar-refractivity contribution in [1.29, 1.82) is 0 Å². The van der Waals surface area contributed by atoms with Crippen molar-refractivity contribution in [3.05, 3.63) is 47.0 Å². The summed E-state index contributed by atoms with van der Waals surface area (Å²) in [6.45, 7) is 3.27. The normalized spacial score (nSPS) is 17.7. The number of aromatic nitrogens is 1. The topological polar surface area (TPSA) is 39.6 Å². The van der Waals surface area contributed by atoms with Crippen LogP contribution in [-0.2, 0) is 0 Å². The number of hydrogen-bond acceptors (Lipinski definition) is 5. The van der Waals surface area contributed by atoms with Crippen molar-refractivity contribution in [2.24, 2.45) is 0 Å². The van der Waals surface area contributed by atoms with Crippen LogP contribution in [0.4, 0.5) is 13.9 Å². The Morgan fingerprint density at radius 3 is 2.45 bits per heavy atom. The molecule has 0 aliphatic carbocycles. The van der Waals surface area contributed by atoms with E-state index in [2.05, 4.69) is 9.88 Å². The zero-order valence-corrected chi connectivity index (χ0v) is 12.8. The molecule has 1 atom stereocenters. The number of aliphatic hydroxyl groups excluding tert-OH is 1. The van der Waals surface area contributed by atoms with Gasteiger partial charge in [-0.25, -0.2) is 13.8 Å². The maximum Gasteiger partial charge on any atom is 0.185 e. The van der Waals surface area contributed by atoms with Gasteiger partial charge in [0.25, 0.3) is 0 Å². The Bertz CT molecular complexity index is 595. The van der Waals surface area contributed by atoms with Gasteiger partial charge in [0, 0.05) is 44.3 Å². The monoisotopic (exact) mass is 325 g/mol. The van der Waals surface area contributed by atoms with Crippen molar-refractivity contribution in [3.8, 4) is 0 Å². The molecule has 22 heavy (non-hydrogen) atoms. The molecule has 1 saturated heterocycles. The van der Waals surface area contributed by atoms with E-state index in [9.17, 15) is 13.9 Å². The van der Waals surface area contributed by atoms with Gasteiger partial charge in [-0.2, -0.15) is 0 Å². The standard InChI is InChI=1S/C15H17F2N3OS/c16-11-2-1-3-12(17)14(11)13(21)10-19-5-7-20(8-6-19)15-18-4-9-22-15/h1-4,9,13,21H,5-8,10H2. The van der Waals surface area contributed by atoms with Crippen molar-refractivity contribution in [1.82, 2.24) is 9.88 Å². The SMILES string of the molecule is OC(CN1CCN(c2nccs2)CC1)c1c(F)cccc1F. The number of halogens is 2. The van der Waals surface area contributed by atoms with Crippen LogP contribution in [0.2, 0.25) is 0 Å². The predicted molar refractivity (Wildman–Crippen MR) is 82.1 cm³/mol. The lowest BCUT2D eigenvalue weighted by atomic mass is 10.1. The van der Waals surface area contributed by atoms with Crippen molar-refractivity contribution in [2.75, 3.05) is 37.6 Å². The summed E-state index contributed by atoms with van der Waals surface area (Å²) in [5.74, 6) is -1.40. The molecule has 1 fully saturated rings. The third-order valence-electron chi connectivity index (χ3n) is 3.83. The highest BCUT2D eigenvalue weighted by molar-refractivity contribution is 7.13. The van der Waals surface area contributed by atoms with Gasteiger partial charge >= 0.3 is 0 Å². The maximum atomic E-state index is 13.7. The van der Waals surface area contributed by atoms with Gasteiger partial charge in [-0.3, -0.25) is 4.90 Å². The number of β-amino-alcohol motifs (C(OH)–C–C–N with tert-alkyl or cyclic N) is 1. The van der Waals surface area contributed by atoms with E-state index in [4.69, 9.17) is 0 Å². The zero-order valence-electron chi connectivity index (χ0n) is 12.0. The second-order valence-electron chi connectivity index (χ2n) is 5.25. The van der Waals surface area contributed by atoms with E-state index in [1.807, 2.05) is 10.3 Å². The van der Waals surface area contributed by atoms with Crippen molar-refractivity contribution >= 4 is 16.5 Å². The van der Waals surface area contributed by atoms with Crippen LogP contribution in [0.25, 0.3) is 0 Å². The Morgan fingerprint density at radius 2 is 1.86 bits per heavy atom. The first kappa shape index (κ1) is 15.3. The second-order valence-corrected chi connectivity index (χ2v) is 6.13. The van der Waals surface area contributed by atoms with Gasteiger partial charge in [-0.1, -0.05) is 6.07 Å². The molecule has 0 bridgehead atoms. The summed E-state index contributed by atoms with van der Waals surface area (Å²) in [5.41, 5.74) is -0.246. The smallest absolute Gasteiger partial charge is 0.185 e. The molecule has 1 aliphatic rings. The zero-order chi connectivity index (χ0) is 15.5. The summed E-state index contributed by atoms with van der Waals surface area (Å²) < 4.78 is 27.3. The lowest BCUT2D eigenvalue weighted by Gasteiger charge is -2.35. The van der Waals surface area contributed by atoms with Gasteiger partial charge in [0.2, 0.25) is 0 Å². The lowest BCUT2D eigenvalue weighted by molar-refractivity contribution is 0.103. The summed E-state index contributed by atoms with van der Waals surface area (Å²) in [6, 6.07) is 3.64. The van der Waals surface area contributed by atoms with Gasteiger partial charge in [0.1, 0.15) is 11.6 Å². The summed E-state index contributed by atoms with van der Waals surface area (Å²) in [4.78, 5) is 8.47. The molecular formula is C15H17F2N3OS. The van der Waals surface area contributed by atoms with Gasteiger partial charge < -0.3 is 10.0 Å². The molecule has 2 aromatic rings. The molecule has 4 nitrogen and oxygen atoms in total. The first-order valence-electron chi connectivity index (χ1n) is 7.14. The number of hydrogen-bond donors (Lipinski definition) is 1. The Morgan fingerprint density at radius 1 is 1.18 bits per heavy atom. The van der Waals surface area contributed by atoms with Gasteiger partial charge in [-0.15, -0.1) is 11.3 Å². The van der Waals surface area contributed by atoms with Gasteiger partial charge in [-0.05, 0) is 12.1 Å². The van der Waals surface area contributed by atoms with Crippen molar-refractivity contribution < 1.29 is 13.9 Å². The second kappa shape index (κ2) is 6.68. The molecule has 1 aliphatic heterocycles. The van der Waals surface area contributed by atoms with Crippen molar-refractivity contribution in [2.45, 2.75) is 6.10 Å². The molecule has 7 heteroatoms. The van der Waals surface area contributed by atoms with Gasteiger partial charge in [0.05, 0.1) is 11.7 Å². The average molecular weight is 325 g/mol. The van der Waals surface area contributed by atoms with Crippen LogP contribution in [0.1, 0.15) is 11.7 Å². The predicted octanol–water partition coefficient (Wildman–Crippen LogP) is 2.28. The van der Waals surface area contributed by atoms with Gasteiger partial charge in [0.15, 0.2) is 5.13 Å². The van der Waals surface area contributed by atoms with Crippen LogP contribution in [-0.4, -0.2) is 47.7 Å². The van der Waals surface area contributed by atoms with Crippen LogP contribution in [0.3, 0.4) is 0 Å².